The van der Waals surface area contributed by atoms with Crippen molar-refractivity contribution in [2.45, 2.75) is 11.7 Å². The number of rotatable bonds is 6. The second-order valence-corrected chi connectivity index (χ2v) is 8.05. The first kappa shape index (κ1) is 19.2. The maximum absolute atomic E-state index is 4.41. The van der Waals surface area contributed by atoms with Crippen molar-refractivity contribution in [3.05, 3.63) is 143 Å². The number of aryl methyl sites for hydroxylation is 1. The zero-order valence-electron chi connectivity index (χ0n) is 16.4. The maximum atomic E-state index is 4.41. The summed E-state index contributed by atoms with van der Waals surface area (Å²) in [6, 6.07) is 36.4. The lowest BCUT2D eigenvalue weighted by Gasteiger charge is -2.34. The minimum absolute atomic E-state index is 0.335. The van der Waals surface area contributed by atoms with Gasteiger partial charge in [-0.2, -0.15) is 0 Å². The molecule has 2 heteroatoms. The van der Waals surface area contributed by atoms with Crippen LogP contribution in [0.4, 0.5) is 0 Å². The van der Waals surface area contributed by atoms with Crippen molar-refractivity contribution in [3.8, 4) is 0 Å². The fraction of sp³-hybridized carbons (Fsp3) is 0.0741. The van der Waals surface area contributed by atoms with Gasteiger partial charge in [0.15, 0.2) is 0 Å². The number of hydrogen-bond donors (Lipinski definition) is 0. The molecule has 142 valence electrons. The van der Waals surface area contributed by atoms with E-state index in [1.165, 1.54) is 16.7 Å². The van der Waals surface area contributed by atoms with Crippen molar-refractivity contribution in [2.24, 2.45) is 0 Å². The lowest BCUT2D eigenvalue weighted by atomic mass is 9.84. The minimum Gasteiger partial charge on any atom is -0.261 e. The highest BCUT2D eigenvalue weighted by molar-refractivity contribution is 8.03. The van der Waals surface area contributed by atoms with Gasteiger partial charge in [0.05, 0.1) is 4.75 Å². The third-order valence-corrected chi connectivity index (χ3v) is 6.31. The molecule has 4 rings (SSSR count). The van der Waals surface area contributed by atoms with Gasteiger partial charge in [-0.15, -0.1) is 11.8 Å². The lowest BCUT2D eigenvalue weighted by Crippen LogP contribution is -2.24. The lowest BCUT2D eigenvalue weighted by molar-refractivity contribution is 0.900. The Bertz CT molecular complexity index is 959. The van der Waals surface area contributed by atoms with Gasteiger partial charge in [0.2, 0.25) is 0 Å². The Morgan fingerprint density at radius 3 is 1.55 bits per heavy atom. The van der Waals surface area contributed by atoms with E-state index in [1.807, 2.05) is 30.9 Å². The summed E-state index contributed by atoms with van der Waals surface area (Å²) in [6.07, 6.45) is 4.06. The molecule has 4 aromatic rings. The molecule has 0 amide bonds. The van der Waals surface area contributed by atoms with Crippen LogP contribution in [0.25, 0.3) is 6.08 Å². The van der Waals surface area contributed by atoms with Gasteiger partial charge in [-0.1, -0.05) is 97.1 Å². The van der Waals surface area contributed by atoms with E-state index >= 15 is 0 Å². The zero-order valence-corrected chi connectivity index (χ0v) is 17.2. The van der Waals surface area contributed by atoms with Gasteiger partial charge in [0, 0.05) is 11.9 Å². The van der Waals surface area contributed by atoms with Crippen LogP contribution in [0.2, 0.25) is 0 Å². The summed E-state index contributed by atoms with van der Waals surface area (Å²) in [7, 11) is 0. The Morgan fingerprint density at radius 1 is 0.655 bits per heavy atom. The molecule has 1 nitrogen and oxygen atoms in total. The first-order valence-electron chi connectivity index (χ1n) is 9.73. The highest BCUT2D eigenvalue weighted by atomic mass is 32.2. The second kappa shape index (κ2) is 8.93. The molecule has 0 saturated heterocycles. The van der Waals surface area contributed by atoms with Gasteiger partial charge >= 0.3 is 0 Å². The van der Waals surface area contributed by atoms with Crippen molar-refractivity contribution in [3.63, 3.8) is 0 Å². The number of nitrogens with zero attached hydrogens (tertiary/aromatic N) is 1. The van der Waals surface area contributed by atoms with Crippen LogP contribution < -0.4 is 0 Å². The Labute approximate surface area is 177 Å². The molecular formula is C27H23NS. The van der Waals surface area contributed by atoms with Crippen LogP contribution in [0.3, 0.4) is 0 Å². The summed E-state index contributed by atoms with van der Waals surface area (Å²) in [6.45, 7) is 2.01. The molecule has 0 aliphatic rings. The topological polar surface area (TPSA) is 12.9 Å². The van der Waals surface area contributed by atoms with Gasteiger partial charge in [-0.05, 0) is 46.7 Å². The molecule has 0 aliphatic carbocycles. The molecule has 0 atom stereocenters. The minimum atomic E-state index is -0.335. The molecule has 0 radical (unpaired) electrons. The van der Waals surface area contributed by atoms with Crippen molar-refractivity contribution in [2.75, 3.05) is 0 Å². The number of thioether (sulfide) groups is 1. The van der Waals surface area contributed by atoms with E-state index in [4.69, 9.17) is 0 Å². The monoisotopic (exact) mass is 393 g/mol. The Hall–Kier alpha value is -3.10. The molecule has 0 unspecified atom stereocenters. The number of pyridine rings is 1. The average molecular weight is 394 g/mol. The van der Waals surface area contributed by atoms with E-state index in [2.05, 4.69) is 114 Å². The SMILES string of the molecule is Cc1ccc(/C=C\SC(c2ccccc2)(c2ccccc2)c2ccccc2)cn1. The molecule has 3 aromatic carbocycles. The highest BCUT2D eigenvalue weighted by Gasteiger charge is 2.36. The van der Waals surface area contributed by atoms with Crippen LogP contribution in [-0.4, -0.2) is 4.98 Å². The molecule has 0 spiro atoms. The summed E-state index contributed by atoms with van der Waals surface area (Å²) >= 11 is 1.82. The fourth-order valence-electron chi connectivity index (χ4n) is 3.52. The number of hydrogen-bond acceptors (Lipinski definition) is 2. The molecule has 0 N–H and O–H groups in total. The maximum Gasteiger partial charge on any atom is 0.0948 e. The van der Waals surface area contributed by atoms with E-state index in [-0.39, 0.29) is 4.75 Å². The molecule has 0 bridgehead atoms. The third kappa shape index (κ3) is 4.18. The third-order valence-electron chi connectivity index (χ3n) is 4.98. The fourth-order valence-corrected chi connectivity index (χ4v) is 4.76. The van der Waals surface area contributed by atoms with Crippen LogP contribution in [0, 0.1) is 6.92 Å². The Kier molecular flexibility index (Phi) is 5.92. The van der Waals surface area contributed by atoms with E-state index in [1.54, 1.807) is 0 Å². The Morgan fingerprint density at radius 2 is 1.14 bits per heavy atom. The standard InChI is InChI=1S/C27H23NS/c1-22-17-18-23(21-28-22)19-20-29-27(24-11-5-2-6-12-24,25-13-7-3-8-14-25)26-15-9-4-10-16-26/h2-21H,1H3/b20-19-. The summed E-state index contributed by atoms with van der Waals surface area (Å²) in [5.74, 6) is 0. The van der Waals surface area contributed by atoms with Gasteiger partial charge in [0.1, 0.15) is 0 Å². The van der Waals surface area contributed by atoms with Crippen molar-refractivity contribution >= 4 is 17.8 Å². The van der Waals surface area contributed by atoms with Gasteiger partial charge in [-0.25, -0.2) is 0 Å². The van der Waals surface area contributed by atoms with Crippen molar-refractivity contribution in [1.29, 1.82) is 0 Å². The average Bonchev–Trinajstić information content (AvgIpc) is 2.80. The molecule has 0 saturated carbocycles. The predicted molar refractivity (Wildman–Crippen MR) is 125 cm³/mol. The zero-order chi connectivity index (χ0) is 19.9. The van der Waals surface area contributed by atoms with E-state index < -0.39 is 0 Å². The summed E-state index contributed by atoms with van der Waals surface area (Å²) in [5, 5.41) is 2.19. The van der Waals surface area contributed by atoms with Gasteiger partial charge < -0.3 is 0 Å². The molecule has 29 heavy (non-hydrogen) atoms. The van der Waals surface area contributed by atoms with Crippen LogP contribution in [0.5, 0.6) is 0 Å². The van der Waals surface area contributed by atoms with Crippen molar-refractivity contribution < 1.29 is 0 Å². The first-order chi connectivity index (χ1) is 14.3. The molecule has 0 aliphatic heterocycles. The molecule has 1 heterocycles. The van der Waals surface area contributed by atoms with Crippen LogP contribution >= 0.6 is 11.8 Å². The Balaban J connectivity index is 1.84. The summed E-state index contributed by atoms with van der Waals surface area (Å²) in [5.41, 5.74) is 5.91. The van der Waals surface area contributed by atoms with Crippen LogP contribution in [-0.2, 0) is 4.75 Å². The largest absolute Gasteiger partial charge is 0.261 e. The molecular weight excluding hydrogens is 370 g/mol. The molecule has 0 fully saturated rings. The molecule has 1 aromatic heterocycles. The van der Waals surface area contributed by atoms with Gasteiger partial charge in [-0.3, -0.25) is 4.98 Å². The second-order valence-electron chi connectivity index (χ2n) is 6.93. The smallest absolute Gasteiger partial charge is 0.0948 e. The highest BCUT2D eigenvalue weighted by Crippen LogP contribution is 2.49. The van der Waals surface area contributed by atoms with Crippen LogP contribution in [0.1, 0.15) is 27.9 Å². The van der Waals surface area contributed by atoms with E-state index in [0.29, 0.717) is 0 Å². The summed E-state index contributed by atoms with van der Waals surface area (Å²) < 4.78 is -0.335. The predicted octanol–water partition coefficient (Wildman–Crippen LogP) is 7.09. The number of aromatic nitrogens is 1. The quantitative estimate of drug-likeness (QED) is 0.324. The number of benzene rings is 3. The van der Waals surface area contributed by atoms with E-state index in [9.17, 15) is 0 Å². The van der Waals surface area contributed by atoms with Crippen LogP contribution in [0.15, 0.2) is 115 Å². The van der Waals surface area contributed by atoms with Crippen molar-refractivity contribution in [1.82, 2.24) is 4.98 Å². The normalized spacial score (nSPS) is 11.6. The first-order valence-corrected chi connectivity index (χ1v) is 10.6. The van der Waals surface area contributed by atoms with E-state index in [0.717, 1.165) is 11.3 Å². The van der Waals surface area contributed by atoms with Gasteiger partial charge in [0.25, 0.3) is 0 Å². The summed E-state index contributed by atoms with van der Waals surface area (Å²) in [4.78, 5) is 4.41.